The number of carbonyl (C=O) groups is 1. The largest absolute Gasteiger partial charge is 0.356 e. The summed E-state index contributed by atoms with van der Waals surface area (Å²) in [7, 11) is 0. The summed E-state index contributed by atoms with van der Waals surface area (Å²) in [5, 5.41) is 7.91. The number of piperidine rings is 1. The molecular weight excluding hydrogens is 434 g/mol. The summed E-state index contributed by atoms with van der Waals surface area (Å²) in [6, 6.07) is 19.1. The van der Waals surface area contributed by atoms with Crippen molar-refractivity contribution in [1.82, 2.24) is 15.4 Å². The van der Waals surface area contributed by atoms with Gasteiger partial charge in [0.15, 0.2) is 5.76 Å². The molecule has 0 saturated carbocycles. The Bertz CT molecular complexity index is 1160. The molecule has 1 aromatic heterocycles. The maximum atomic E-state index is 13.2. The lowest BCUT2D eigenvalue weighted by molar-refractivity contribution is -0.133. The van der Waals surface area contributed by atoms with Gasteiger partial charge in [0.1, 0.15) is 0 Å². The molecule has 0 unspecified atom stereocenters. The Morgan fingerprint density at radius 2 is 1.86 bits per heavy atom. The van der Waals surface area contributed by atoms with Crippen LogP contribution in [0.3, 0.4) is 0 Å². The first-order valence-corrected chi connectivity index (χ1v) is 13.0. The highest BCUT2D eigenvalue weighted by Crippen LogP contribution is 2.30. The first-order chi connectivity index (χ1) is 16.9. The Kier molecular flexibility index (Phi) is 6.79. The molecule has 2 aliphatic heterocycles. The quantitative estimate of drug-likeness (QED) is 0.543. The Hall–Kier alpha value is -2.92. The number of amides is 1. The van der Waals surface area contributed by atoms with Gasteiger partial charge in [0.05, 0.1) is 5.69 Å². The number of fused-ring (bicyclic) bond motifs is 1. The van der Waals surface area contributed by atoms with Crippen molar-refractivity contribution < 1.29 is 9.32 Å². The summed E-state index contributed by atoms with van der Waals surface area (Å²) in [4.78, 5) is 15.3. The van der Waals surface area contributed by atoms with Crippen molar-refractivity contribution in [2.75, 3.05) is 19.6 Å². The molecule has 0 aliphatic carbocycles. The topological polar surface area (TPSA) is 58.4 Å². The molecule has 3 aromatic rings. The molecule has 0 spiro atoms. The molecule has 5 rings (SSSR count). The van der Waals surface area contributed by atoms with E-state index in [-0.39, 0.29) is 11.3 Å². The molecule has 5 nitrogen and oxygen atoms in total. The van der Waals surface area contributed by atoms with Crippen molar-refractivity contribution in [3.8, 4) is 11.3 Å². The van der Waals surface area contributed by atoms with Crippen LogP contribution in [0.1, 0.15) is 56.0 Å². The van der Waals surface area contributed by atoms with Crippen molar-refractivity contribution in [2.45, 2.75) is 58.4 Å². The number of hydrogen-bond donors (Lipinski definition) is 1. The first-order valence-electron chi connectivity index (χ1n) is 13.0. The van der Waals surface area contributed by atoms with Crippen LogP contribution in [0.2, 0.25) is 0 Å². The van der Waals surface area contributed by atoms with E-state index in [1.807, 2.05) is 0 Å². The zero-order chi connectivity index (χ0) is 24.4. The highest BCUT2D eigenvalue weighted by atomic mass is 16.5. The second kappa shape index (κ2) is 9.98. The van der Waals surface area contributed by atoms with E-state index < -0.39 is 0 Å². The third-order valence-electron chi connectivity index (χ3n) is 7.75. The fourth-order valence-corrected chi connectivity index (χ4v) is 5.49. The van der Waals surface area contributed by atoms with Crippen LogP contribution in [0, 0.1) is 11.8 Å². The molecule has 1 amide bonds. The predicted octanol–water partition coefficient (Wildman–Crippen LogP) is 5.38. The van der Waals surface area contributed by atoms with E-state index in [0.29, 0.717) is 18.3 Å². The van der Waals surface area contributed by atoms with Crippen LogP contribution >= 0.6 is 0 Å². The lowest BCUT2D eigenvalue weighted by Crippen LogP contribution is -2.42. The van der Waals surface area contributed by atoms with E-state index in [1.165, 1.54) is 16.7 Å². The van der Waals surface area contributed by atoms with E-state index in [2.05, 4.69) is 90.7 Å². The van der Waals surface area contributed by atoms with Crippen molar-refractivity contribution in [3.05, 3.63) is 77.0 Å². The number of nitrogens with one attached hydrogen (secondary N) is 1. The number of nitrogens with zero attached hydrogens (tertiary/aromatic N) is 2. The molecule has 1 saturated heterocycles. The Morgan fingerprint density at radius 1 is 1.09 bits per heavy atom. The maximum Gasteiger partial charge on any atom is 0.223 e. The monoisotopic (exact) mass is 471 g/mol. The number of rotatable bonds is 5. The zero-order valence-electron chi connectivity index (χ0n) is 21.2. The van der Waals surface area contributed by atoms with Gasteiger partial charge in [0.25, 0.3) is 0 Å². The molecule has 2 aromatic carbocycles. The molecule has 1 fully saturated rings. The van der Waals surface area contributed by atoms with Crippen LogP contribution < -0.4 is 5.32 Å². The molecule has 0 bridgehead atoms. The van der Waals surface area contributed by atoms with Crippen molar-refractivity contribution >= 4 is 5.91 Å². The Morgan fingerprint density at radius 3 is 2.63 bits per heavy atom. The number of benzene rings is 2. The predicted molar refractivity (Wildman–Crippen MR) is 139 cm³/mol. The van der Waals surface area contributed by atoms with Crippen LogP contribution in [0.5, 0.6) is 0 Å². The standard InChI is InChI=1S/C30H37N3O2/c1-30(2,3)26-10-8-22(9-11-26)28-18-27(32-35-28)16-25-19-31-14-12-23(25)17-29(34)33-15-13-21-6-4-5-7-24(21)20-33/h4-11,18,23,25,31H,12-17,19-20H2,1-3H3/t23-,25+/m0/s1. The summed E-state index contributed by atoms with van der Waals surface area (Å²) in [6.07, 6.45) is 3.43. The van der Waals surface area contributed by atoms with Crippen molar-refractivity contribution in [2.24, 2.45) is 11.8 Å². The Labute approximate surface area is 208 Å². The normalized spacial score (nSPS) is 20.5. The summed E-state index contributed by atoms with van der Waals surface area (Å²) in [5.74, 6) is 1.85. The molecule has 35 heavy (non-hydrogen) atoms. The smallest absolute Gasteiger partial charge is 0.223 e. The summed E-state index contributed by atoms with van der Waals surface area (Å²) < 4.78 is 5.72. The van der Waals surface area contributed by atoms with Gasteiger partial charge in [-0.3, -0.25) is 4.79 Å². The molecule has 1 N–H and O–H groups in total. The van der Waals surface area contributed by atoms with E-state index in [4.69, 9.17) is 4.52 Å². The first kappa shape index (κ1) is 23.8. The third kappa shape index (κ3) is 5.51. The van der Waals surface area contributed by atoms with E-state index >= 15 is 0 Å². The third-order valence-corrected chi connectivity index (χ3v) is 7.75. The Balaban J connectivity index is 1.22. The molecule has 2 atom stereocenters. The lowest BCUT2D eigenvalue weighted by Gasteiger charge is -2.34. The average Bonchev–Trinajstić information content (AvgIpc) is 3.33. The summed E-state index contributed by atoms with van der Waals surface area (Å²) in [6.45, 7) is 10.1. The van der Waals surface area contributed by atoms with Gasteiger partial charge in [-0.15, -0.1) is 0 Å². The van der Waals surface area contributed by atoms with Gasteiger partial charge in [-0.2, -0.15) is 0 Å². The van der Waals surface area contributed by atoms with E-state index in [0.717, 1.165) is 62.5 Å². The molecule has 2 aliphatic rings. The van der Waals surface area contributed by atoms with Gasteiger partial charge >= 0.3 is 0 Å². The van der Waals surface area contributed by atoms with Crippen LogP contribution in [0.25, 0.3) is 11.3 Å². The molecule has 3 heterocycles. The fraction of sp³-hybridized carbons (Fsp3) is 0.467. The van der Waals surface area contributed by atoms with Crippen molar-refractivity contribution in [3.63, 3.8) is 0 Å². The highest BCUT2D eigenvalue weighted by Gasteiger charge is 2.30. The van der Waals surface area contributed by atoms with Gasteiger partial charge in [0, 0.05) is 31.1 Å². The van der Waals surface area contributed by atoms with Gasteiger partial charge in [-0.25, -0.2) is 0 Å². The number of carbonyl (C=O) groups excluding carboxylic acids is 1. The second-order valence-corrected chi connectivity index (χ2v) is 11.3. The van der Waals surface area contributed by atoms with Crippen LogP contribution in [0.4, 0.5) is 0 Å². The highest BCUT2D eigenvalue weighted by molar-refractivity contribution is 5.77. The molecular formula is C30H37N3O2. The van der Waals surface area contributed by atoms with Crippen LogP contribution in [-0.4, -0.2) is 35.6 Å². The minimum absolute atomic E-state index is 0.128. The van der Waals surface area contributed by atoms with Gasteiger partial charge in [-0.05, 0) is 66.3 Å². The second-order valence-electron chi connectivity index (χ2n) is 11.3. The zero-order valence-corrected chi connectivity index (χ0v) is 21.2. The minimum atomic E-state index is 0.128. The minimum Gasteiger partial charge on any atom is -0.356 e. The molecule has 184 valence electrons. The lowest BCUT2D eigenvalue weighted by atomic mass is 9.80. The SMILES string of the molecule is CC(C)(C)c1ccc(-c2cc(C[C@@H]3CNCC[C@H]3CC(=O)N3CCc4ccccc4C3)no2)cc1. The summed E-state index contributed by atoms with van der Waals surface area (Å²) >= 11 is 0. The fourth-order valence-electron chi connectivity index (χ4n) is 5.49. The number of aromatic nitrogens is 1. The van der Waals surface area contributed by atoms with Crippen molar-refractivity contribution in [1.29, 1.82) is 0 Å². The molecule has 0 radical (unpaired) electrons. The van der Waals surface area contributed by atoms with Gasteiger partial charge in [0.2, 0.25) is 5.91 Å². The maximum absolute atomic E-state index is 13.2. The summed E-state index contributed by atoms with van der Waals surface area (Å²) in [5.41, 5.74) is 6.13. The van der Waals surface area contributed by atoms with Crippen LogP contribution in [-0.2, 0) is 29.6 Å². The van der Waals surface area contributed by atoms with Crippen LogP contribution in [0.15, 0.2) is 59.1 Å². The molecule has 5 heteroatoms. The van der Waals surface area contributed by atoms with Gasteiger partial charge < -0.3 is 14.7 Å². The van der Waals surface area contributed by atoms with E-state index in [9.17, 15) is 4.79 Å². The number of hydrogen-bond acceptors (Lipinski definition) is 4. The van der Waals surface area contributed by atoms with E-state index in [1.54, 1.807) is 0 Å². The van der Waals surface area contributed by atoms with Gasteiger partial charge in [-0.1, -0.05) is 74.5 Å². The average molecular weight is 472 g/mol.